The van der Waals surface area contributed by atoms with Crippen LogP contribution >= 0.6 is 0 Å². The number of amides is 1. The van der Waals surface area contributed by atoms with Gasteiger partial charge >= 0.3 is 0 Å². The van der Waals surface area contributed by atoms with Crippen molar-refractivity contribution in [1.29, 1.82) is 0 Å². The average molecular weight is 269 g/mol. The zero-order chi connectivity index (χ0) is 14.4. The van der Waals surface area contributed by atoms with Crippen LogP contribution in [0.4, 0.5) is 10.1 Å². The van der Waals surface area contributed by atoms with Crippen molar-refractivity contribution in [3.05, 3.63) is 17.9 Å². The van der Waals surface area contributed by atoms with E-state index in [9.17, 15) is 9.18 Å². The van der Waals surface area contributed by atoms with Gasteiger partial charge in [-0.2, -0.15) is 0 Å². The maximum atomic E-state index is 13.8. The Morgan fingerprint density at radius 1 is 1.26 bits per heavy atom. The Morgan fingerprint density at radius 2 is 1.84 bits per heavy atom. The summed E-state index contributed by atoms with van der Waals surface area (Å²) in [4.78, 5) is 11.7. The van der Waals surface area contributed by atoms with E-state index in [1.54, 1.807) is 0 Å². The molecular formula is C14H20FNO3. The third-order valence-electron chi connectivity index (χ3n) is 2.70. The van der Waals surface area contributed by atoms with Crippen molar-refractivity contribution in [2.24, 2.45) is 5.92 Å². The van der Waals surface area contributed by atoms with E-state index in [4.69, 9.17) is 9.47 Å². The van der Waals surface area contributed by atoms with Crippen LogP contribution in [0.2, 0.25) is 0 Å². The van der Waals surface area contributed by atoms with E-state index in [-0.39, 0.29) is 11.6 Å². The Balaban J connectivity index is 2.80. The van der Waals surface area contributed by atoms with E-state index in [1.807, 2.05) is 13.8 Å². The summed E-state index contributed by atoms with van der Waals surface area (Å²) in [5.41, 5.74) is 0.103. The first-order valence-electron chi connectivity index (χ1n) is 6.19. The van der Waals surface area contributed by atoms with Gasteiger partial charge in [0.25, 0.3) is 0 Å². The SMILES string of the molecule is COc1cc(F)c(NC(=O)CCC(C)C)cc1OC. The number of nitrogens with one attached hydrogen (secondary N) is 1. The van der Waals surface area contributed by atoms with Crippen LogP contribution in [0.1, 0.15) is 26.7 Å². The van der Waals surface area contributed by atoms with Gasteiger partial charge in [-0.25, -0.2) is 4.39 Å². The molecule has 0 spiro atoms. The smallest absolute Gasteiger partial charge is 0.224 e. The minimum Gasteiger partial charge on any atom is -0.493 e. The van der Waals surface area contributed by atoms with Crippen LogP contribution in [0.3, 0.4) is 0 Å². The molecule has 106 valence electrons. The van der Waals surface area contributed by atoms with Crippen molar-refractivity contribution >= 4 is 11.6 Å². The van der Waals surface area contributed by atoms with E-state index in [2.05, 4.69) is 5.32 Å². The predicted molar refractivity (Wildman–Crippen MR) is 72.2 cm³/mol. The van der Waals surface area contributed by atoms with Crippen LogP contribution in [0.15, 0.2) is 12.1 Å². The first kappa shape index (κ1) is 15.3. The maximum Gasteiger partial charge on any atom is 0.224 e. The van der Waals surface area contributed by atoms with Gasteiger partial charge in [-0.1, -0.05) is 13.8 Å². The molecule has 0 aliphatic carbocycles. The van der Waals surface area contributed by atoms with Crippen LogP contribution in [0, 0.1) is 11.7 Å². The molecule has 0 bridgehead atoms. The quantitative estimate of drug-likeness (QED) is 0.862. The molecule has 4 nitrogen and oxygen atoms in total. The lowest BCUT2D eigenvalue weighted by Crippen LogP contribution is -2.13. The summed E-state index contributed by atoms with van der Waals surface area (Å²) in [6.07, 6.45) is 1.13. The second-order valence-corrected chi connectivity index (χ2v) is 4.67. The lowest BCUT2D eigenvalue weighted by molar-refractivity contribution is -0.116. The van der Waals surface area contributed by atoms with Crippen molar-refractivity contribution in [1.82, 2.24) is 0 Å². The first-order valence-corrected chi connectivity index (χ1v) is 6.19. The van der Waals surface area contributed by atoms with Crippen LogP contribution in [0.5, 0.6) is 11.5 Å². The van der Waals surface area contributed by atoms with Crippen LogP contribution < -0.4 is 14.8 Å². The highest BCUT2D eigenvalue weighted by Crippen LogP contribution is 2.32. The summed E-state index contributed by atoms with van der Waals surface area (Å²) in [6, 6.07) is 2.61. The van der Waals surface area contributed by atoms with Gasteiger partial charge in [-0.05, 0) is 12.3 Å². The van der Waals surface area contributed by atoms with Gasteiger partial charge in [0.15, 0.2) is 17.3 Å². The van der Waals surface area contributed by atoms with Crippen molar-refractivity contribution in [2.75, 3.05) is 19.5 Å². The third kappa shape index (κ3) is 4.43. The van der Waals surface area contributed by atoms with Crippen LogP contribution in [-0.2, 0) is 4.79 Å². The zero-order valence-electron chi connectivity index (χ0n) is 11.7. The van der Waals surface area contributed by atoms with Crippen molar-refractivity contribution in [2.45, 2.75) is 26.7 Å². The number of hydrogen-bond acceptors (Lipinski definition) is 3. The Bertz CT molecular complexity index is 447. The van der Waals surface area contributed by atoms with Gasteiger partial charge in [0.1, 0.15) is 0 Å². The lowest BCUT2D eigenvalue weighted by Gasteiger charge is -2.12. The summed E-state index contributed by atoms with van der Waals surface area (Å²) in [5.74, 6) is 0.347. The van der Waals surface area contributed by atoms with E-state index >= 15 is 0 Å². The van der Waals surface area contributed by atoms with Crippen LogP contribution in [-0.4, -0.2) is 20.1 Å². The van der Waals surface area contributed by atoms with Gasteiger partial charge in [0, 0.05) is 18.6 Å². The standard InChI is InChI=1S/C14H20FNO3/c1-9(2)5-6-14(17)16-11-8-13(19-4)12(18-3)7-10(11)15/h7-9H,5-6H2,1-4H3,(H,16,17). The van der Waals surface area contributed by atoms with Crippen LogP contribution in [0.25, 0.3) is 0 Å². The molecule has 0 atom stereocenters. The fourth-order valence-corrected chi connectivity index (χ4v) is 1.58. The van der Waals surface area contributed by atoms with E-state index in [0.29, 0.717) is 23.8 Å². The number of carbonyl (C=O) groups excluding carboxylic acids is 1. The molecule has 1 rings (SSSR count). The van der Waals surface area contributed by atoms with Gasteiger partial charge < -0.3 is 14.8 Å². The topological polar surface area (TPSA) is 47.6 Å². The van der Waals surface area contributed by atoms with Gasteiger partial charge in [-0.15, -0.1) is 0 Å². The Hall–Kier alpha value is -1.78. The Morgan fingerprint density at radius 3 is 2.37 bits per heavy atom. The fourth-order valence-electron chi connectivity index (χ4n) is 1.58. The molecule has 0 aliphatic rings. The number of ether oxygens (including phenoxy) is 2. The molecule has 1 amide bonds. The number of carbonyl (C=O) groups is 1. The van der Waals surface area contributed by atoms with Gasteiger partial charge in [0.2, 0.25) is 5.91 Å². The fraction of sp³-hybridized carbons (Fsp3) is 0.500. The summed E-state index contributed by atoms with van der Waals surface area (Å²) in [7, 11) is 2.89. The minimum absolute atomic E-state index is 0.103. The average Bonchev–Trinajstić information content (AvgIpc) is 2.38. The summed E-state index contributed by atoms with van der Waals surface area (Å²) < 4.78 is 23.8. The number of hydrogen-bond donors (Lipinski definition) is 1. The largest absolute Gasteiger partial charge is 0.493 e. The molecule has 1 N–H and O–H groups in total. The predicted octanol–water partition coefficient (Wildman–Crippen LogP) is 3.22. The molecule has 19 heavy (non-hydrogen) atoms. The molecule has 0 fully saturated rings. The first-order chi connectivity index (χ1) is 8.97. The molecule has 0 unspecified atom stereocenters. The highest BCUT2D eigenvalue weighted by molar-refractivity contribution is 5.91. The van der Waals surface area contributed by atoms with Crippen molar-refractivity contribution in [3.8, 4) is 11.5 Å². The second kappa shape index (κ2) is 6.97. The summed E-state index contributed by atoms with van der Waals surface area (Å²) >= 11 is 0. The molecule has 0 heterocycles. The molecule has 5 heteroatoms. The highest BCUT2D eigenvalue weighted by atomic mass is 19.1. The van der Waals surface area contributed by atoms with E-state index < -0.39 is 5.82 Å². The molecule has 0 aromatic heterocycles. The number of rotatable bonds is 6. The van der Waals surface area contributed by atoms with Gasteiger partial charge in [0.05, 0.1) is 19.9 Å². The zero-order valence-corrected chi connectivity index (χ0v) is 11.7. The lowest BCUT2D eigenvalue weighted by atomic mass is 10.1. The van der Waals surface area contributed by atoms with E-state index in [1.165, 1.54) is 26.4 Å². The number of benzene rings is 1. The van der Waals surface area contributed by atoms with E-state index in [0.717, 1.165) is 6.42 Å². The maximum absolute atomic E-state index is 13.8. The van der Waals surface area contributed by atoms with Crippen molar-refractivity contribution in [3.63, 3.8) is 0 Å². The normalized spacial score (nSPS) is 10.4. The number of halogens is 1. The third-order valence-corrected chi connectivity index (χ3v) is 2.70. The minimum atomic E-state index is -0.546. The highest BCUT2D eigenvalue weighted by Gasteiger charge is 2.13. The monoisotopic (exact) mass is 269 g/mol. The number of anilines is 1. The molecular weight excluding hydrogens is 249 g/mol. The number of methoxy groups -OCH3 is 2. The van der Waals surface area contributed by atoms with Gasteiger partial charge in [-0.3, -0.25) is 4.79 Å². The molecule has 1 aromatic carbocycles. The molecule has 0 radical (unpaired) electrons. The Labute approximate surface area is 112 Å². The van der Waals surface area contributed by atoms with Crippen molar-refractivity contribution < 1.29 is 18.7 Å². The molecule has 0 saturated heterocycles. The summed E-state index contributed by atoms with van der Waals surface area (Å²) in [6.45, 7) is 4.06. The molecule has 1 aromatic rings. The molecule has 0 saturated carbocycles. The second-order valence-electron chi connectivity index (χ2n) is 4.67. The summed E-state index contributed by atoms with van der Waals surface area (Å²) in [5, 5.41) is 2.54. The Kier molecular flexibility index (Phi) is 5.60. The molecule has 0 aliphatic heterocycles.